The number of esters is 1. The van der Waals surface area contributed by atoms with E-state index in [4.69, 9.17) is 21.1 Å². The summed E-state index contributed by atoms with van der Waals surface area (Å²) in [5.41, 5.74) is 1.59. The largest absolute Gasteiger partial charge is 0.467 e. The number of amides is 1. The summed E-state index contributed by atoms with van der Waals surface area (Å²) >= 11 is 6.44. The zero-order valence-electron chi connectivity index (χ0n) is 17.0. The van der Waals surface area contributed by atoms with Crippen LogP contribution in [-0.4, -0.2) is 38.2 Å². The van der Waals surface area contributed by atoms with Crippen LogP contribution in [0.2, 0.25) is 5.02 Å². The molecule has 1 aliphatic carbocycles. The van der Waals surface area contributed by atoms with E-state index < -0.39 is 11.5 Å². The lowest BCUT2D eigenvalue weighted by Gasteiger charge is -2.28. The predicted octanol–water partition coefficient (Wildman–Crippen LogP) is 3.29. The van der Waals surface area contributed by atoms with Gasteiger partial charge in [0.2, 0.25) is 5.91 Å². The van der Waals surface area contributed by atoms with Crippen molar-refractivity contribution >= 4 is 23.5 Å². The van der Waals surface area contributed by atoms with Gasteiger partial charge in [0.1, 0.15) is 5.54 Å². The van der Waals surface area contributed by atoms with Crippen molar-refractivity contribution < 1.29 is 19.1 Å². The van der Waals surface area contributed by atoms with Gasteiger partial charge in [-0.15, -0.1) is 5.92 Å². The third kappa shape index (κ3) is 5.06. The van der Waals surface area contributed by atoms with E-state index in [1.165, 1.54) is 7.11 Å². The fraction of sp³-hybridized carbons (Fsp3) is 0.545. The molecule has 0 saturated heterocycles. The van der Waals surface area contributed by atoms with E-state index >= 15 is 0 Å². The monoisotopic (exact) mass is 405 g/mol. The number of aryl methyl sites for hydroxylation is 1. The number of nitrogens with one attached hydrogen (secondary N) is 1. The fourth-order valence-corrected chi connectivity index (χ4v) is 4.27. The Balaban J connectivity index is 2.21. The van der Waals surface area contributed by atoms with Crippen molar-refractivity contribution in [1.82, 2.24) is 5.32 Å². The van der Waals surface area contributed by atoms with Crippen LogP contribution in [0, 0.1) is 17.8 Å². The molecule has 1 aromatic rings. The van der Waals surface area contributed by atoms with Crippen LogP contribution in [0.3, 0.4) is 0 Å². The van der Waals surface area contributed by atoms with Crippen LogP contribution in [0.15, 0.2) is 12.1 Å². The van der Waals surface area contributed by atoms with Crippen molar-refractivity contribution in [2.45, 2.75) is 51.5 Å². The van der Waals surface area contributed by atoms with Crippen LogP contribution >= 0.6 is 11.6 Å². The minimum atomic E-state index is -0.999. The molecule has 0 bridgehead atoms. The third-order valence-corrected chi connectivity index (χ3v) is 5.59. The molecule has 0 spiro atoms. The first-order chi connectivity index (χ1) is 13.4. The summed E-state index contributed by atoms with van der Waals surface area (Å²) < 4.78 is 10.2. The van der Waals surface area contributed by atoms with Crippen LogP contribution in [-0.2, 0) is 31.9 Å². The van der Waals surface area contributed by atoms with Gasteiger partial charge >= 0.3 is 5.97 Å². The lowest BCUT2D eigenvalue weighted by Crippen LogP contribution is -2.54. The molecule has 1 amide bonds. The van der Waals surface area contributed by atoms with Gasteiger partial charge in [-0.3, -0.25) is 4.79 Å². The molecule has 1 fully saturated rings. The molecule has 6 heteroatoms. The molecule has 1 aliphatic rings. The Kier molecular flexibility index (Phi) is 7.91. The average molecular weight is 406 g/mol. The lowest BCUT2D eigenvalue weighted by atomic mass is 9.94. The number of hydrogen-bond acceptors (Lipinski definition) is 4. The van der Waals surface area contributed by atoms with Gasteiger partial charge in [0.05, 0.1) is 13.5 Å². The highest BCUT2D eigenvalue weighted by Gasteiger charge is 2.47. The summed E-state index contributed by atoms with van der Waals surface area (Å²) in [4.78, 5) is 25.3. The first-order valence-corrected chi connectivity index (χ1v) is 9.89. The summed E-state index contributed by atoms with van der Waals surface area (Å²) in [5, 5.41) is 3.46. The van der Waals surface area contributed by atoms with Crippen molar-refractivity contribution in [1.29, 1.82) is 0 Å². The maximum Gasteiger partial charge on any atom is 0.331 e. The summed E-state index contributed by atoms with van der Waals surface area (Å²) in [6.45, 7) is 4.34. The Morgan fingerprint density at radius 1 is 1.36 bits per heavy atom. The van der Waals surface area contributed by atoms with Gasteiger partial charge < -0.3 is 14.8 Å². The second kappa shape index (κ2) is 9.95. The summed E-state index contributed by atoms with van der Waals surface area (Å²) in [5.74, 6) is 5.42. The summed E-state index contributed by atoms with van der Waals surface area (Å²) in [6.07, 6.45) is 2.70. The fourth-order valence-electron chi connectivity index (χ4n) is 3.97. The molecule has 5 nitrogen and oxygen atoms in total. The topological polar surface area (TPSA) is 64.6 Å². The number of hydrogen-bond donors (Lipinski definition) is 1. The van der Waals surface area contributed by atoms with Gasteiger partial charge in [0.25, 0.3) is 0 Å². The van der Waals surface area contributed by atoms with Crippen LogP contribution in [0.4, 0.5) is 0 Å². The van der Waals surface area contributed by atoms with Crippen molar-refractivity contribution in [2.24, 2.45) is 5.92 Å². The zero-order valence-corrected chi connectivity index (χ0v) is 17.7. The van der Waals surface area contributed by atoms with Crippen LogP contribution < -0.4 is 5.32 Å². The minimum absolute atomic E-state index is 0.107. The van der Waals surface area contributed by atoms with E-state index in [-0.39, 0.29) is 18.2 Å². The molecule has 2 atom stereocenters. The molecule has 0 radical (unpaired) electrons. The molecule has 1 N–H and O–H groups in total. The highest BCUT2D eigenvalue weighted by molar-refractivity contribution is 6.31. The number of methoxy groups -OCH3 is 2. The van der Waals surface area contributed by atoms with Gasteiger partial charge in [0, 0.05) is 24.3 Å². The number of rotatable bonds is 7. The molecule has 1 aromatic carbocycles. The average Bonchev–Trinajstić information content (AvgIpc) is 3.07. The van der Waals surface area contributed by atoms with E-state index in [1.807, 2.05) is 13.0 Å². The number of carbonyl (C=O) groups is 2. The lowest BCUT2D eigenvalue weighted by molar-refractivity contribution is -0.150. The van der Waals surface area contributed by atoms with E-state index in [2.05, 4.69) is 17.2 Å². The molecular weight excluding hydrogens is 378 g/mol. The molecule has 0 heterocycles. The van der Waals surface area contributed by atoms with Gasteiger partial charge in [0.15, 0.2) is 0 Å². The van der Waals surface area contributed by atoms with E-state index in [0.29, 0.717) is 24.5 Å². The van der Waals surface area contributed by atoms with E-state index in [9.17, 15) is 9.59 Å². The number of ether oxygens (including phenoxy) is 2. The normalized spacial score (nSPS) is 21.0. The Morgan fingerprint density at radius 2 is 2.11 bits per heavy atom. The van der Waals surface area contributed by atoms with E-state index in [0.717, 1.165) is 29.5 Å². The molecule has 0 aliphatic heterocycles. The summed E-state index contributed by atoms with van der Waals surface area (Å²) in [6, 6.07) is 3.74. The van der Waals surface area contributed by atoms with Crippen molar-refractivity contribution in [2.75, 3.05) is 20.8 Å². The van der Waals surface area contributed by atoms with E-state index in [1.54, 1.807) is 20.1 Å². The first kappa shape index (κ1) is 22.3. The van der Waals surface area contributed by atoms with Crippen LogP contribution in [0.25, 0.3) is 0 Å². The van der Waals surface area contributed by atoms with Crippen molar-refractivity contribution in [3.63, 3.8) is 0 Å². The van der Waals surface area contributed by atoms with Gasteiger partial charge in [-0.25, -0.2) is 4.79 Å². The Labute approximate surface area is 172 Å². The second-order valence-corrected chi connectivity index (χ2v) is 7.59. The highest BCUT2D eigenvalue weighted by atomic mass is 35.5. The predicted molar refractivity (Wildman–Crippen MR) is 109 cm³/mol. The Morgan fingerprint density at radius 3 is 2.71 bits per heavy atom. The van der Waals surface area contributed by atoms with Crippen LogP contribution in [0.1, 0.15) is 49.8 Å². The Bertz CT molecular complexity index is 796. The van der Waals surface area contributed by atoms with Crippen molar-refractivity contribution in [3.05, 3.63) is 33.8 Å². The molecule has 1 saturated carbocycles. The number of carbonyl (C=O) groups excluding carboxylic acids is 2. The third-order valence-electron chi connectivity index (χ3n) is 5.25. The Hall–Kier alpha value is -2.03. The smallest absolute Gasteiger partial charge is 0.331 e. The molecule has 28 heavy (non-hydrogen) atoms. The maximum atomic E-state index is 12.9. The highest BCUT2D eigenvalue weighted by Crippen LogP contribution is 2.36. The maximum absolute atomic E-state index is 12.9. The quantitative estimate of drug-likeness (QED) is 0.558. The number of halogens is 1. The SMILES string of the molecule is CC#Cc1cc(Cl)c(CC(=O)NC2(C(=O)OC)CCC(COC)C2)c(CC)c1. The van der Waals surface area contributed by atoms with Crippen molar-refractivity contribution in [3.8, 4) is 11.8 Å². The minimum Gasteiger partial charge on any atom is -0.467 e. The number of benzene rings is 1. The standard InChI is InChI=1S/C22H28ClNO4/c1-5-7-15-10-17(6-2)18(19(23)11-15)12-20(25)24-22(21(26)28-4)9-8-16(13-22)14-27-3/h10-11,16H,6,8-9,12-14H2,1-4H3,(H,24,25). The second-order valence-electron chi connectivity index (χ2n) is 7.19. The summed E-state index contributed by atoms with van der Waals surface area (Å²) in [7, 11) is 2.98. The van der Waals surface area contributed by atoms with Gasteiger partial charge in [-0.1, -0.05) is 24.4 Å². The van der Waals surface area contributed by atoms with Crippen LogP contribution in [0.5, 0.6) is 0 Å². The first-order valence-electron chi connectivity index (χ1n) is 9.51. The molecule has 2 rings (SSSR count). The molecule has 152 valence electrons. The van der Waals surface area contributed by atoms with Gasteiger partial charge in [-0.2, -0.15) is 0 Å². The zero-order chi connectivity index (χ0) is 20.7. The van der Waals surface area contributed by atoms with Gasteiger partial charge in [-0.05, 0) is 61.8 Å². The molecular formula is C22H28ClNO4. The molecule has 0 aromatic heterocycles. The molecule has 2 unspecified atom stereocenters.